The molecule has 0 saturated heterocycles. The number of nitrogens with one attached hydrogen (secondary N) is 1. The van der Waals surface area contributed by atoms with Crippen LogP contribution in [-0.4, -0.2) is 9.97 Å². The second-order valence-corrected chi connectivity index (χ2v) is 6.49. The lowest BCUT2D eigenvalue weighted by Gasteiger charge is -2.20. The molecule has 1 heterocycles. The molecular weight excluding hydrogens is 271 g/mol. The molecule has 0 amide bonds. The summed E-state index contributed by atoms with van der Waals surface area (Å²) in [4.78, 5) is 7.81. The first-order valence-electron chi connectivity index (χ1n) is 6.58. The Balaban J connectivity index is 2.70. The largest absolute Gasteiger partial charge is 0.342 e. The van der Waals surface area contributed by atoms with Crippen molar-refractivity contribution in [3.63, 3.8) is 0 Å². The smallest absolute Gasteiger partial charge is 0.133 e. The van der Waals surface area contributed by atoms with E-state index in [0.29, 0.717) is 10.2 Å². The second kappa shape index (κ2) is 5.09. The van der Waals surface area contributed by atoms with Gasteiger partial charge in [-0.15, -0.1) is 0 Å². The third kappa shape index (κ3) is 2.80. The average Bonchev–Trinajstić information content (AvgIpc) is 2.34. The molecule has 0 bridgehead atoms. The van der Waals surface area contributed by atoms with Crippen LogP contribution >= 0.6 is 12.2 Å². The number of aromatic amines is 1. The highest BCUT2D eigenvalue weighted by Crippen LogP contribution is 2.27. The van der Waals surface area contributed by atoms with Crippen molar-refractivity contribution in [3.05, 3.63) is 45.6 Å². The first kappa shape index (κ1) is 14.9. The summed E-state index contributed by atoms with van der Waals surface area (Å²) in [5, 5.41) is 0. The Labute approximate surface area is 124 Å². The number of halogens is 1. The van der Waals surface area contributed by atoms with Crippen molar-refractivity contribution < 1.29 is 4.39 Å². The fourth-order valence-corrected chi connectivity index (χ4v) is 2.17. The monoisotopic (exact) mass is 290 g/mol. The first-order chi connectivity index (χ1) is 9.20. The van der Waals surface area contributed by atoms with Gasteiger partial charge in [-0.2, -0.15) is 0 Å². The predicted molar refractivity (Wildman–Crippen MR) is 83.0 cm³/mol. The van der Waals surface area contributed by atoms with E-state index in [4.69, 9.17) is 12.2 Å². The van der Waals surface area contributed by atoms with E-state index in [9.17, 15) is 4.39 Å². The molecule has 2 rings (SSSR count). The summed E-state index contributed by atoms with van der Waals surface area (Å²) >= 11 is 5.35. The van der Waals surface area contributed by atoms with Gasteiger partial charge in [0, 0.05) is 11.0 Å². The van der Waals surface area contributed by atoms with Crippen molar-refractivity contribution in [2.45, 2.75) is 40.0 Å². The topological polar surface area (TPSA) is 28.7 Å². The maximum Gasteiger partial charge on any atom is 0.133 e. The highest BCUT2D eigenvalue weighted by Gasteiger charge is 2.19. The van der Waals surface area contributed by atoms with Crippen LogP contribution in [0.5, 0.6) is 0 Å². The molecule has 0 aliphatic carbocycles. The molecule has 106 valence electrons. The van der Waals surface area contributed by atoms with Gasteiger partial charge in [0.05, 0.1) is 5.69 Å². The quantitative estimate of drug-likeness (QED) is 0.760. The van der Waals surface area contributed by atoms with E-state index in [-0.39, 0.29) is 11.2 Å². The molecular formula is C16H19FN2S. The maximum absolute atomic E-state index is 13.4. The SMILES string of the molecule is Cc1cc(-c2[nH]c(C(C)(C)C)nc(=S)c2C)ccc1F. The zero-order valence-corrected chi connectivity index (χ0v) is 13.3. The summed E-state index contributed by atoms with van der Waals surface area (Å²) in [6.07, 6.45) is 0. The fourth-order valence-electron chi connectivity index (χ4n) is 1.98. The van der Waals surface area contributed by atoms with E-state index >= 15 is 0 Å². The van der Waals surface area contributed by atoms with Gasteiger partial charge in [-0.1, -0.05) is 33.0 Å². The van der Waals surface area contributed by atoms with Gasteiger partial charge in [0.1, 0.15) is 16.3 Å². The molecule has 2 aromatic rings. The molecule has 1 N–H and O–H groups in total. The Morgan fingerprint density at radius 2 is 1.85 bits per heavy atom. The summed E-state index contributed by atoms with van der Waals surface area (Å²) in [6.45, 7) is 9.93. The van der Waals surface area contributed by atoms with Crippen LogP contribution in [0.25, 0.3) is 11.3 Å². The highest BCUT2D eigenvalue weighted by molar-refractivity contribution is 7.71. The van der Waals surface area contributed by atoms with Crippen molar-refractivity contribution in [2.75, 3.05) is 0 Å². The summed E-state index contributed by atoms with van der Waals surface area (Å²) in [7, 11) is 0. The summed E-state index contributed by atoms with van der Waals surface area (Å²) in [5.41, 5.74) is 3.26. The summed E-state index contributed by atoms with van der Waals surface area (Å²) in [5.74, 6) is 0.639. The van der Waals surface area contributed by atoms with Crippen LogP contribution in [0, 0.1) is 24.3 Å². The van der Waals surface area contributed by atoms with Gasteiger partial charge in [-0.3, -0.25) is 0 Å². The molecule has 0 aliphatic rings. The number of benzene rings is 1. The first-order valence-corrected chi connectivity index (χ1v) is 6.99. The number of H-pyrrole nitrogens is 1. The Hall–Kier alpha value is -1.55. The van der Waals surface area contributed by atoms with E-state index < -0.39 is 0 Å². The third-order valence-electron chi connectivity index (χ3n) is 3.31. The van der Waals surface area contributed by atoms with Crippen molar-refractivity contribution in [2.24, 2.45) is 0 Å². The minimum Gasteiger partial charge on any atom is -0.342 e. The molecule has 2 nitrogen and oxygen atoms in total. The van der Waals surface area contributed by atoms with Gasteiger partial charge < -0.3 is 4.98 Å². The Morgan fingerprint density at radius 3 is 2.40 bits per heavy atom. The Kier molecular flexibility index (Phi) is 3.78. The zero-order valence-electron chi connectivity index (χ0n) is 12.5. The second-order valence-electron chi connectivity index (χ2n) is 6.10. The lowest BCUT2D eigenvalue weighted by Crippen LogP contribution is -2.17. The van der Waals surface area contributed by atoms with Crippen LogP contribution in [0.1, 0.15) is 37.7 Å². The van der Waals surface area contributed by atoms with Crippen LogP contribution in [0.15, 0.2) is 18.2 Å². The summed E-state index contributed by atoms with van der Waals surface area (Å²) in [6, 6.07) is 5.08. The van der Waals surface area contributed by atoms with Crippen molar-refractivity contribution in [1.82, 2.24) is 9.97 Å². The van der Waals surface area contributed by atoms with Crippen LogP contribution in [0.3, 0.4) is 0 Å². The lowest BCUT2D eigenvalue weighted by atomic mass is 9.95. The third-order valence-corrected chi connectivity index (χ3v) is 3.71. The van der Waals surface area contributed by atoms with Gasteiger partial charge in [0.25, 0.3) is 0 Å². The molecule has 0 radical (unpaired) electrons. The van der Waals surface area contributed by atoms with Gasteiger partial charge in [0.2, 0.25) is 0 Å². The number of aryl methyl sites for hydroxylation is 1. The molecule has 0 unspecified atom stereocenters. The van der Waals surface area contributed by atoms with E-state index in [0.717, 1.165) is 22.6 Å². The van der Waals surface area contributed by atoms with Crippen LogP contribution in [0.2, 0.25) is 0 Å². The van der Waals surface area contributed by atoms with E-state index in [2.05, 4.69) is 30.7 Å². The van der Waals surface area contributed by atoms with Gasteiger partial charge in [-0.25, -0.2) is 9.37 Å². The zero-order chi connectivity index (χ0) is 15.1. The lowest BCUT2D eigenvalue weighted by molar-refractivity contribution is 0.544. The standard InChI is InChI=1S/C16H19FN2S/c1-9-8-11(6-7-12(9)17)13-10(2)14(20)19-15(18-13)16(3,4)5/h6-8H,1-5H3,(H,18,19,20). The molecule has 0 fully saturated rings. The average molecular weight is 290 g/mol. The molecule has 0 saturated carbocycles. The van der Waals surface area contributed by atoms with Crippen LogP contribution in [0.4, 0.5) is 4.39 Å². The van der Waals surface area contributed by atoms with E-state index in [1.165, 1.54) is 6.07 Å². The molecule has 20 heavy (non-hydrogen) atoms. The minimum atomic E-state index is -0.199. The van der Waals surface area contributed by atoms with Crippen molar-refractivity contribution in [3.8, 4) is 11.3 Å². The normalized spacial score (nSPS) is 11.7. The summed E-state index contributed by atoms with van der Waals surface area (Å²) < 4.78 is 14.0. The predicted octanol–water partition coefficient (Wildman–Crippen LogP) is 4.86. The number of nitrogens with zero attached hydrogens (tertiary/aromatic N) is 1. The highest BCUT2D eigenvalue weighted by atomic mass is 32.1. The number of hydrogen-bond donors (Lipinski definition) is 1. The maximum atomic E-state index is 13.4. The van der Waals surface area contributed by atoms with Crippen LogP contribution in [-0.2, 0) is 5.41 Å². The number of rotatable bonds is 1. The van der Waals surface area contributed by atoms with E-state index in [1.54, 1.807) is 13.0 Å². The molecule has 1 aromatic heterocycles. The fraction of sp³-hybridized carbons (Fsp3) is 0.375. The molecule has 1 aromatic carbocycles. The van der Waals surface area contributed by atoms with Crippen LogP contribution < -0.4 is 0 Å². The number of aromatic nitrogens is 2. The van der Waals surface area contributed by atoms with Crippen molar-refractivity contribution in [1.29, 1.82) is 0 Å². The minimum absolute atomic E-state index is 0.120. The van der Waals surface area contributed by atoms with Gasteiger partial charge in [0.15, 0.2) is 0 Å². The molecule has 0 aliphatic heterocycles. The van der Waals surface area contributed by atoms with Gasteiger partial charge >= 0.3 is 0 Å². The number of hydrogen-bond acceptors (Lipinski definition) is 2. The van der Waals surface area contributed by atoms with E-state index in [1.807, 2.05) is 13.0 Å². The Morgan fingerprint density at radius 1 is 1.20 bits per heavy atom. The Bertz CT molecular complexity index is 711. The molecule has 0 spiro atoms. The molecule has 0 atom stereocenters. The van der Waals surface area contributed by atoms with Crippen molar-refractivity contribution >= 4 is 12.2 Å². The molecule has 4 heteroatoms. The van der Waals surface area contributed by atoms with Gasteiger partial charge in [-0.05, 0) is 43.2 Å².